The van der Waals surface area contributed by atoms with E-state index < -0.39 is 0 Å². The van der Waals surface area contributed by atoms with Crippen molar-refractivity contribution in [3.8, 4) is 5.82 Å². The lowest BCUT2D eigenvalue weighted by Gasteiger charge is -2.58. The molecule has 0 amide bonds. The van der Waals surface area contributed by atoms with Crippen LogP contribution in [0.3, 0.4) is 0 Å². The van der Waals surface area contributed by atoms with E-state index in [-0.39, 0.29) is 5.60 Å². The summed E-state index contributed by atoms with van der Waals surface area (Å²) in [5.41, 5.74) is 0.311. The minimum absolute atomic E-state index is 0.128. The molecule has 3 aliphatic heterocycles. The minimum Gasteiger partial charge on any atom is -0.455 e. The van der Waals surface area contributed by atoms with Gasteiger partial charge in [-0.1, -0.05) is 0 Å². The molecular weight excluding hydrogens is 318 g/mol. The standard InChI is InChI=1S/C17H19N7O/c1-2-16-3-5-24(16)9-17(12(1)16)8-19-15(25-17)22-13-7-14(21-10-20-13)23-6-4-18-11-23/h4,6-7,10-12H,1-3,5,8-9H2,(H,19,20,21,22)/t12?,16?,17-/m0/s1. The number of imidazole rings is 1. The predicted molar refractivity (Wildman–Crippen MR) is 90.5 cm³/mol. The van der Waals surface area contributed by atoms with Crippen molar-refractivity contribution < 1.29 is 4.74 Å². The molecule has 1 saturated carbocycles. The summed E-state index contributed by atoms with van der Waals surface area (Å²) in [6.45, 7) is 2.97. The van der Waals surface area contributed by atoms with Gasteiger partial charge in [-0.05, 0) is 19.3 Å². The summed E-state index contributed by atoms with van der Waals surface area (Å²) in [5.74, 6) is 2.06. The van der Waals surface area contributed by atoms with Gasteiger partial charge in [0.2, 0.25) is 0 Å². The third-order valence-electron chi connectivity index (χ3n) is 6.50. The largest absolute Gasteiger partial charge is 0.455 e. The molecule has 5 heterocycles. The van der Waals surface area contributed by atoms with Crippen molar-refractivity contribution in [1.29, 1.82) is 0 Å². The summed E-state index contributed by atoms with van der Waals surface area (Å²) in [6.07, 6.45) is 10.7. The van der Waals surface area contributed by atoms with Crippen molar-refractivity contribution in [3.05, 3.63) is 31.1 Å². The molecule has 0 bridgehead atoms. The molecule has 8 nitrogen and oxygen atoms in total. The lowest BCUT2D eigenvalue weighted by atomic mass is 9.58. The number of nitrogens with zero attached hydrogens (tertiary/aromatic N) is 6. The molecule has 128 valence electrons. The highest BCUT2D eigenvalue weighted by atomic mass is 16.5. The van der Waals surface area contributed by atoms with Crippen LogP contribution in [0.1, 0.15) is 19.3 Å². The summed E-state index contributed by atoms with van der Waals surface area (Å²) in [5, 5.41) is 3.23. The average molecular weight is 337 g/mol. The first kappa shape index (κ1) is 13.8. The van der Waals surface area contributed by atoms with Crippen LogP contribution in [0.2, 0.25) is 0 Å². The Morgan fingerprint density at radius 2 is 2.28 bits per heavy atom. The fourth-order valence-corrected chi connectivity index (χ4v) is 5.13. The van der Waals surface area contributed by atoms with E-state index in [4.69, 9.17) is 4.74 Å². The van der Waals surface area contributed by atoms with Gasteiger partial charge in [-0.15, -0.1) is 0 Å². The van der Waals surface area contributed by atoms with Gasteiger partial charge in [-0.3, -0.25) is 14.8 Å². The predicted octanol–water partition coefficient (Wildman–Crippen LogP) is 1.07. The Morgan fingerprint density at radius 1 is 1.28 bits per heavy atom. The van der Waals surface area contributed by atoms with E-state index in [0.29, 0.717) is 23.3 Å². The van der Waals surface area contributed by atoms with E-state index in [9.17, 15) is 0 Å². The highest BCUT2D eigenvalue weighted by Gasteiger charge is 2.71. The van der Waals surface area contributed by atoms with E-state index in [2.05, 4.69) is 30.2 Å². The van der Waals surface area contributed by atoms with E-state index in [1.165, 1.54) is 32.1 Å². The molecule has 2 aromatic rings. The van der Waals surface area contributed by atoms with Crippen LogP contribution < -0.4 is 5.32 Å². The van der Waals surface area contributed by atoms with Crippen molar-refractivity contribution >= 4 is 11.8 Å². The van der Waals surface area contributed by atoms with Crippen molar-refractivity contribution in [3.63, 3.8) is 0 Å². The van der Waals surface area contributed by atoms with Gasteiger partial charge < -0.3 is 4.74 Å². The van der Waals surface area contributed by atoms with E-state index in [0.717, 1.165) is 18.9 Å². The van der Waals surface area contributed by atoms with Gasteiger partial charge in [0.15, 0.2) is 0 Å². The minimum atomic E-state index is -0.128. The molecule has 0 radical (unpaired) electrons. The van der Waals surface area contributed by atoms with Gasteiger partial charge in [0.05, 0.1) is 6.54 Å². The van der Waals surface area contributed by atoms with E-state index in [1.54, 1.807) is 12.5 Å². The third-order valence-corrected chi connectivity index (χ3v) is 6.50. The van der Waals surface area contributed by atoms with Crippen LogP contribution in [0, 0.1) is 5.92 Å². The SMILES string of the molecule is c1cn(-c2cc(NC3=NC[C@@]4(CN5CCC56CCC64)O3)ncn2)cn1. The highest BCUT2D eigenvalue weighted by Crippen LogP contribution is 2.62. The Bertz CT molecular complexity index is 862. The Morgan fingerprint density at radius 3 is 3.00 bits per heavy atom. The van der Waals surface area contributed by atoms with Gasteiger partial charge in [-0.2, -0.15) is 0 Å². The summed E-state index contributed by atoms with van der Waals surface area (Å²) in [4.78, 5) is 19.9. The Kier molecular flexibility index (Phi) is 2.52. The molecule has 0 aromatic carbocycles. The van der Waals surface area contributed by atoms with Crippen LogP contribution >= 0.6 is 0 Å². The lowest BCUT2D eigenvalue weighted by Crippen LogP contribution is -2.64. The monoisotopic (exact) mass is 337 g/mol. The van der Waals surface area contributed by atoms with E-state index >= 15 is 0 Å². The van der Waals surface area contributed by atoms with Crippen molar-refractivity contribution in [2.45, 2.75) is 30.4 Å². The molecule has 2 unspecified atom stereocenters. The second-order valence-corrected chi connectivity index (χ2v) is 7.51. The van der Waals surface area contributed by atoms with Crippen LogP contribution in [0.4, 0.5) is 5.82 Å². The van der Waals surface area contributed by atoms with Gasteiger partial charge >= 0.3 is 0 Å². The maximum absolute atomic E-state index is 6.37. The van der Waals surface area contributed by atoms with Gasteiger partial charge in [0.1, 0.15) is 29.9 Å². The number of ether oxygens (including phenoxy) is 1. The number of rotatable bonds is 2. The summed E-state index contributed by atoms with van der Waals surface area (Å²) >= 11 is 0. The van der Waals surface area contributed by atoms with Crippen LogP contribution in [-0.2, 0) is 4.74 Å². The fourth-order valence-electron chi connectivity index (χ4n) is 5.13. The number of aliphatic imine (C=N–C) groups is 1. The summed E-state index contributed by atoms with van der Waals surface area (Å²) in [7, 11) is 0. The number of aromatic nitrogens is 4. The maximum Gasteiger partial charge on any atom is 0.291 e. The number of hydrogen-bond acceptors (Lipinski definition) is 7. The molecule has 3 atom stereocenters. The Hall–Kier alpha value is -2.48. The van der Waals surface area contributed by atoms with Crippen molar-refractivity contribution in [2.24, 2.45) is 10.9 Å². The first-order valence-electron chi connectivity index (χ1n) is 8.83. The molecule has 25 heavy (non-hydrogen) atoms. The molecule has 8 heteroatoms. The molecule has 1 N–H and O–H groups in total. The van der Waals surface area contributed by atoms with Crippen LogP contribution in [0.15, 0.2) is 36.1 Å². The van der Waals surface area contributed by atoms with Crippen molar-refractivity contribution in [2.75, 3.05) is 25.0 Å². The van der Waals surface area contributed by atoms with Crippen LogP contribution in [0.25, 0.3) is 5.82 Å². The lowest BCUT2D eigenvalue weighted by molar-refractivity contribution is -0.0862. The first-order chi connectivity index (χ1) is 12.3. The number of hydrogen-bond donors (Lipinski definition) is 1. The maximum atomic E-state index is 6.37. The topological polar surface area (TPSA) is 80.5 Å². The van der Waals surface area contributed by atoms with Crippen molar-refractivity contribution in [1.82, 2.24) is 24.4 Å². The summed E-state index contributed by atoms with van der Waals surface area (Å²) < 4.78 is 8.21. The number of amidine groups is 1. The first-order valence-corrected chi connectivity index (χ1v) is 8.83. The molecule has 3 fully saturated rings. The molecule has 1 aliphatic carbocycles. The zero-order valence-corrected chi connectivity index (χ0v) is 13.8. The van der Waals surface area contributed by atoms with Crippen LogP contribution in [0.5, 0.6) is 0 Å². The van der Waals surface area contributed by atoms with E-state index in [1.807, 2.05) is 16.8 Å². The van der Waals surface area contributed by atoms with Gasteiger partial charge in [-0.25, -0.2) is 19.9 Å². The average Bonchev–Trinajstić information content (AvgIpc) is 3.24. The molecule has 2 spiro atoms. The second-order valence-electron chi connectivity index (χ2n) is 7.51. The summed E-state index contributed by atoms with van der Waals surface area (Å²) in [6, 6.07) is 2.45. The quantitative estimate of drug-likeness (QED) is 0.883. The number of anilines is 1. The van der Waals surface area contributed by atoms with Gasteiger partial charge in [0.25, 0.3) is 6.02 Å². The number of fused-ring (bicyclic) bond motifs is 1. The molecule has 2 saturated heterocycles. The highest BCUT2D eigenvalue weighted by molar-refractivity contribution is 5.89. The second kappa shape index (κ2) is 4.57. The molecule has 4 aliphatic rings. The molecule has 2 aromatic heterocycles. The Balaban J connectivity index is 1.21. The van der Waals surface area contributed by atoms with Gasteiger partial charge in [0, 0.05) is 43.0 Å². The fraction of sp³-hybridized carbons (Fsp3) is 0.529. The molecule has 6 rings (SSSR count). The smallest absolute Gasteiger partial charge is 0.291 e. The normalized spacial score (nSPS) is 35.4. The zero-order valence-electron chi connectivity index (χ0n) is 13.8. The van der Waals surface area contributed by atoms with Crippen LogP contribution in [-0.4, -0.2) is 61.2 Å². The third kappa shape index (κ3) is 1.75. The molecular formula is C17H19N7O. The zero-order chi connectivity index (χ0) is 16.5. The Labute approximate surface area is 145 Å². The number of nitrogens with one attached hydrogen (secondary N) is 1.